The lowest BCUT2D eigenvalue weighted by Crippen LogP contribution is -0.290. The molecule has 0 radical (unpaired) electrons. The molecule has 0 spiro atoms. The Balaban J connectivity index is 0. The van der Waals surface area contributed by atoms with Crippen molar-refractivity contribution in [2.24, 2.45) is 0 Å². The Labute approximate surface area is 48.2 Å². The van der Waals surface area contributed by atoms with Gasteiger partial charge in [0.15, 0.2) is 0 Å². The quantitative estimate of drug-likeness (QED) is 0.484. The molecule has 4 aromatic rings. The molecule has 4 aromatic heterocycles. The van der Waals surface area contributed by atoms with E-state index in [1.165, 1.54) is 0 Å². The summed E-state index contributed by atoms with van der Waals surface area (Å²) in [4.78, 5) is 0. The average Bonchev–Trinajstić information content (AvgIpc) is 1.71. The van der Waals surface area contributed by atoms with Gasteiger partial charge < -0.3 is 21.9 Å². The first kappa shape index (κ1) is 11.8. The van der Waals surface area contributed by atoms with Gasteiger partial charge in [0.05, 0.1) is 0 Å². The fourth-order valence-electron chi connectivity index (χ4n) is 0.335. The molecule has 0 aromatic carbocycles. The monoisotopic (exact) mass is 196 g/mol. The van der Waals surface area contributed by atoms with Crippen LogP contribution in [-0.4, -0.2) is 21.9 Å². The second-order valence-corrected chi connectivity index (χ2v) is 29.0. The second-order valence-electron chi connectivity index (χ2n) is 1.07. The minimum absolute atomic E-state index is 0. The lowest BCUT2D eigenvalue weighted by Gasteiger charge is -0.816. The van der Waals surface area contributed by atoms with Gasteiger partial charge in [-0.3, -0.25) is 0 Å². The highest BCUT2D eigenvalue weighted by Crippen LogP contribution is 3.31. The summed E-state index contributed by atoms with van der Waals surface area (Å²) in [6.45, 7) is 0. The van der Waals surface area contributed by atoms with Crippen LogP contribution in [0.5, 0.6) is 0 Å². The maximum atomic E-state index is 1.07. The molecule has 0 saturated heterocycles. The van der Waals surface area contributed by atoms with E-state index in [-0.39, 0.29) is 21.9 Å². The van der Waals surface area contributed by atoms with Crippen molar-refractivity contribution in [3.05, 3.63) is 0 Å². The average molecular weight is 196 g/mol. The first-order valence-corrected chi connectivity index (χ1v) is 10.8. The molecule has 0 aliphatic heterocycles. The van der Waals surface area contributed by atoms with E-state index >= 15 is 0 Å². The van der Waals surface area contributed by atoms with Crippen molar-refractivity contribution in [3.63, 3.8) is 0 Å². The third-order valence-corrected chi connectivity index (χ3v) is 48.5. The molecule has 0 saturated carbocycles. The van der Waals surface area contributed by atoms with Crippen LogP contribution in [0.15, 0.2) is 0 Å². The van der Waals surface area contributed by atoms with Gasteiger partial charge in [0.25, 0.3) is 0 Å². The molecule has 8 N–H and O–H groups in total. The van der Waals surface area contributed by atoms with Gasteiger partial charge >= 0.3 is 0 Å². The van der Waals surface area contributed by atoms with Gasteiger partial charge in [0.2, 0.25) is 0 Å². The number of hydrogen-bond donors (Lipinski definition) is 0. The molecule has 0 aliphatic rings. The molecular weight excluding hydrogens is 188 g/mol. The minimum atomic E-state index is 0. The second kappa shape index (κ2) is 2.34. The molecule has 0 bridgehead atoms. The lowest BCUT2D eigenvalue weighted by molar-refractivity contribution is 0.823. The number of rotatable bonds is 0. The first-order valence-electron chi connectivity index (χ1n) is 1.20. The smallest absolute Gasteiger partial charge is 0 e. The van der Waals surface area contributed by atoms with Crippen LogP contribution in [0.3, 0.4) is 0 Å². The van der Waals surface area contributed by atoms with Crippen molar-refractivity contribution in [1.29, 1.82) is 0 Å². The Bertz CT molecular complexity index is 162. The zero-order chi connectivity index (χ0) is 2.31. The summed E-state index contributed by atoms with van der Waals surface area (Å²) in [5, 5.41) is 0. The highest BCUT2D eigenvalue weighted by atomic mass is 33.4. The third kappa shape index (κ3) is 0.885. The SMILES string of the molecule is O.O.O.O.p12p3p1p23. The van der Waals surface area contributed by atoms with Crippen LogP contribution in [0.4, 0.5) is 0 Å². The van der Waals surface area contributed by atoms with Crippen LogP contribution < -0.4 is 0 Å². The molecule has 8 heteroatoms. The van der Waals surface area contributed by atoms with E-state index in [4.69, 9.17) is 0 Å². The molecule has 0 unspecified atom stereocenters. The summed E-state index contributed by atoms with van der Waals surface area (Å²) in [5.41, 5.74) is 0. The van der Waals surface area contributed by atoms with Crippen LogP contribution in [0.2, 0.25) is 0 Å². The van der Waals surface area contributed by atoms with Gasteiger partial charge in [0, 0.05) is 25.5 Å². The summed E-state index contributed by atoms with van der Waals surface area (Å²) in [5.74, 6) is 0. The Morgan fingerprint density at radius 3 is 0.500 bits per heavy atom. The number of hydrogen-bond acceptors (Lipinski definition) is 0. The van der Waals surface area contributed by atoms with Crippen LogP contribution in [-0.2, 0) is 0 Å². The molecule has 4 nitrogen and oxygen atoms in total. The predicted molar refractivity (Wildman–Crippen MR) is 42.1 cm³/mol. The van der Waals surface area contributed by atoms with Crippen molar-refractivity contribution < 1.29 is 21.9 Å². The fourth-order valence-corrected chi connectivity index (χ4v) is 61.9. The Morgan fingerprint density at radius 2 is 0.500 bits per heavy atom. The van der Waals surface area contributed by atoms with Crippen LogP contribution in [0.1, 0.15) is 0 Å². The Hall–Kier alpha value is 1.04. The highest BCUT2D eigenvalue weighted by molar-refractivity contribution is 9.37. The van der Waals surface area contributed by atoms with Crippen molar-refractivity contribution in [3.8, 4) is 0 Å². The summed E-state index contributed by atoms with van der Waals surface area (Å²) in [7, 11) is 0. The van der Waals surface area contributed by atoms with Crippen molar-refractivity contribution in [2.75, 3.05) is 0 Å². The molecule has 0 fully saturated rings. The van der Waals surface area contributed by atoms with Gasteiger partial charge in [0.1, 0.15) is 0 Å². The zero-order valence-corrected chi connectivity index (χ0v) is 7.37. The van der Waals surface area contributed by atoms with Crippen molar-refractivity contribution in [1.82, 2.24) is 0 Å². The summed E-state index contributed by atoms with van der Waals surface area (Å²) in [6.07, 6.45) is 4.30. The van der Waals surface area contributed by atoms with Crippen molar-refractivity contribution in [2.45, 2.75) is 0 Å². The standard InChI is InChI=1S/4H2O.P4/c;;;;1-2-3(1)4(1)2/h4*1H2;. The predicted octanol–water partition coefficient (Wildman–Crippen LogP) is 0.146. The van der Waals surface area contributed by atoms with E-state index in [1.54, 1.807) is 0 Å². The van der Waals surface area contributed by atoms with Crippen LogP contribution in [0, 0.1) is 0 Å². The molecular formula is H8O4P4. The normalized spacial score (nSPS) is 18.0. The maximum Gasteiger partial charge on any atom is 0 e. The third-order valence-electron chi connectivity index (χ3n) is 0.838. The van der Waals surface area contributed by atoms with E-state index in [1.807, 2.05) is 0 Å². The van der Waals surface area contributed by atoms with E-state index in [0.717, 1.165) is 25.5 Å². The van der Waals surface area contributed by atoms with Crippen LogP contribution in [0.25, 0.3) is 0 Å². The van der Waals surface area contributed by atoms with E-state index in [0.29, 0.717) is 0 Å². The molecule has 4 rings (SSSR count). The fraction of sp³-hybridized carbons (Fsp3) is 0. The molecule has 52 valence electrons. The molecule has 0 amide bonds. The molecule has 4 heterocycles. The first-order chi connectivity index (χ1) is 2.00. The van der Waals surface area contributed by atoms with Crippen molar-refractivity contribution >= 4 is 25.5 Å². The zero-order valence-electron chi connectivity index (χ0n) is 3.79. The van der Waals surface area contributed by atoms with E-state index in [2.05, 4.69) is 0 Å². The van der Waals surface area contributed by atoms with Gasteiger partial charge in [-0.1, -0.05) is 0 Å². The van der Waals surface area contributed by atoms with Gasteiger partial charge in [-0.25, -0.2) is 0 Å². The van der Waals surface area contributed by atoms with E-state index in [9.17, 15) is 0 Å². The van der Waals surface area contributed by atoms with Gasteiger partial charge in [-0.05, 0) is 0 Å². The largest absolute Gasteiger partial charge is 0.412 e. The highest BCUT2D eigenvalue weighted by Gasteiger charge is 2.45. The van der Waals surface area contributed by atoms with Gasteiger partial charge in [-0.15, -0.1) is 0 Å². The minimum Gasteiger partial charge on any atom is -0.412 e. The lowest BCUT2D eigenvalue weighted by atomic mass is 16.0. The summed E-state index contributed by atoms with van der Waals surface area (Å²) < 4.78 is 0. The summed E-state index contributed by atoms with van der Waals surface area (Å²) >= 11 is 0. The molecule has 8 heavy (non-hydrogen) atoms. The molecule has 0 aliphatic carbocycles. The van der Waals surface area contributed by atoms with E-state index < -0.39 is 0 Å². The van der Waals surface area contributed by atoms with Gasteiger partial charge in [-0.2, -0.15) is 0 Å². The Morgan fingerprint density at radius 1 is 0.375 bits per heavy atom. The topological polar surface area (TPSA) is 126 Å². The summed E-state index contributed by atoms with van der Waals surface area (Å²) in [6, 6.07) is 0. The van der Waals surface area contributed by atoms with Crippen LogP contribution >= 0.6 is 25.5 Å². The Kier molecular flexibility index (Phi) is 3.45. The molecule has 0 atom stereocenters. The maximum absolute atomic E-state index is 1.07.